The number of aromatic nitrogens is 1. The number of para-hydroxylation sites is 1. The second-order valence-electron chi connectivity index (χ2n) is 5.78. The lowest BCUT2D eigenvalue weighted by atomic mass is 10.1. The van der Waals surface area contributed by atoms with E-state index in [-0.39, 0.29) is 5.91 Å². The number of rotatable bonds is 4. The zero-order valence-electron chi connectivity index (χ0n) is 12.9. The van der Waals surface area contributed by atoms with E-state index in [2.05, 4.69) is 28.5 Å². The van der Waals surface area contributed by atoms with Gasteiger partial charge in [-0.1, -0.05) is 24.3 Å². The Balaban J connectivity index is 1.65. The summed E-state index contributed by atoms with van der Waals surface area (Å²) in [6.07, 6.45) is 3.21. The Labute approximate surface area is 130 Å². The van der Waals surface area contributed by atoms with Crippen molar-refractivity contribution < 1.29 is 4.79 Å². The number of H-pyrrole nitrogens is 1. The Morgan fingerprint density at radius 1 is 1.09 bits per heavy atom. The lowest BCUT2D eigenvalue weighted by molar-refractivity contribution is -0.116. The fraction of sp³-hybridized carbons (Fsp3) is 0.211. The number of hydrogen-bond acceptors (Lipinski definition) is 1. The number of aryl methyl sites for hydroxylation is 3. The quantitative estimate of drug-likeness (QED) is 0.737. The number of aromatic amines is 1. The van der Waals surface area contributed by atoms with Gasteiger partial charge in [0.2, 0.25) is 5.91 Å². The Morgan fingerprint density at radius 2 is 1.82 bits per heavy atom. The summed E-state index contributed by atoms with van der Waals surface area (Å²) in [5.41, 5.74) is 5.50. The fourth-order valence-corrected chi connectivity index (χ4v) is 2.86. The molecule has 0 aliphatic rings. The zero-order valence-corrected chi connectivity index (χ0v) is 12.9. The van der Waals surface area contributed by atoms with Gasteiger partial charge in [0.05, 0.1) is 0 Å². The number of nitrogens with one attached hydrogen (secondary N) is 2. The first-order valence-electron chi connectivity index (χ1n) is 7.55. The second-order valence-corrected chi connectivity index (χ2v) is 5.78. The monoisotopic (exact) mass is 292 g/mol. The second kappa shape index (κ2) is 6.06. The molecule has 1 aromatic heterocycles. The maximum absolute atomic E-state index is 12.1. The molecule has 0 bridgehead atoms. The molecule has 2 aromatic carbocycles. The van der Waals surface area contributed by atoms with Gasteiger partial charge in [-0.3, -0.25) is 4.79 Å². The van der Waals surface area contributed by atoms with E-state index in [1.165, 1.54) is 10.9 Å². The van der Waals surface area contributed by atoms with Crippen molar-refractivity contribution in [3.63, 3.8) is 0 Å². The van der Waals surface area contributed by atoms with Crippen LogP contribution >= 0.6 is 0 Å². The summed E-state index contributed by atoms with van der Waals surface area (Å²) < 4.78 is 0. The van der Waals surface area contributed by atoms with E-state index >= 15 is 0 Å². The summed E-state index contributed by atoms with van der Waals surface area (Å²) >= 11 is 0. The maximum Gasteiger partial charge on any atom is 0.224 e. The normalized spacial score (nSPS) is 10.8. The first-order chi connectivity index (χ1) is 10.6. The smallest absolute Gasteiger partial charge is 0.224 e. The number of hydrogen-bond donors (Lipinski definition) is 2. The van der Waals surface area contributed by atoms with Crippen LogP contribution in [0.1, 0.15) is 23.1 Å². The summed E-state index contributed by atoms with van der Waals surface area (Å²) in [5.74, 6) is 0.0512. The Hall–Kier alpha value is -2.55. The van der Waals surface area contributed by atoms with Crippen LogP contribution in [0.5, 0.6) is 0 Å². The standard InChI is InChI=1S/C19H20N2O/c1-13-9-14(2)11-16(10-13)21-19(22)8-7-15-12-20-18-6-4-3-5-17(15)18/h3-6,9-12,20H,7-8H2,1-2H3,(H,21,22). The van der Waals surface area contributed by atoms with Crippen LogP contribution in [0.25, 0.3) is 10.9 Å². The predicted octanol–water partition coefficient (Wildman–Crippen LogP) is 4.36. The lowest BCUT2D eigenvalue weighted by Gasteiger charge is -2.07. The highest BCUT2D eigenvalue weighted by atomic mass is 16.1. The van der Waals surface area contributed by atoms with Crippen LogP contribution in [0.3, 0.4) is 0 Å². The van der Waals surface area contributed by atoms with Crippen LogP contribution in [0.2, 0.25) is 0 Å². The molecule has 3 aromatic rings. The molecule has 1 amide bonds. The molecule has 1 heterocycles. The minimum Gasteiger partial charge on any atom is -0.361 e. The molecule has 112 valence electrons. The van der Waals surface area contributed by atoms with Crippen molar-refractivity contribution >= 4 is 22.5 Å². The van der Waals surface area contributed by atoms with E-state index in [0.717, 1.165) is 28.8 Å². The minimum atomic E-state index is 0.0512. The van der Waals surface area contributed by atoms with Crippen molar-refractivity contribution in [1.29, 1.82) is 0 Å². The molecule has 0 saturated heterocycles. The van der Waals surface area contributed by atoms with Gasteiger partial charge in [0, 0.05) is 29.2 Å². The van der Waals surface area contributed by atoms with Gasteiger partial charge in [0.15, 0.2) is 0 Å². The van der Waals surface area contributed by atoms with Gasteiger partial charge in [-0.2, -0.15) is 0 Å². The maximum atomic E-state index is 12.1. The average molecular weight is 292 g/mol. The van der Waals surface area contributed by atoms with Crippen molar-refractivity contribution in [2.24, 2.45) is 0 Å². The molecule has 3 rings (SSSR count). The van der Waals surface area contributed by atoms with Crippen molar-refractivity contribution in [2.45, 2.75) is 26.7 Å². The summed E-state index contributed by atoms with van der Waals surface area (Å²) in [6, 6.07) is 14.3. The predicted molar refractivity (Wildman–Crippen MR) is 91.2 cm³/mol. The highest BCUT2D eigenvalue weighted by Gasteiger charge is 2.07. The number of carbonyl (C=O) groups is 1. The average Bonchev–Trinajstić information content (AvgIpc) is 2.87. The van der Waals surface area contributed by atoms with Gasteiger partial charge in [-0.15, -0.1) is 0 Å². The Bertz CT molecular complexity index is 797. The topological polar surface area (TPSA) is 44.9 Å². The minimum absolute atomic E-state index is 0.0512. The van der Waals surface area contributed by atoms with Crippen LogP contribution in [-0.4, -0.2) is 10.9 Å². The van der Waals surface area contributed by atoms with Gasteiger partial charge in [0.1, 0.15) is 0 Å². The first-order valence-corrected chi connectivity index (χ1v) is 7.55. The van der Waals surface area contributed by atoms with Crippen molar-refractivity contribution in [2.75, 3.05) is 5.32 Å². The van der Waals surface area contributed by atoms with E-state index in [4.69, 9.17) is 0 Å². The van der Waals surface area contributed by atoms with Gasteiger partial charge >= 0.3 is 0 Å². The van der Waals surface area contributed by atoms with Gasteiger partial charge in [-0.05, 0) is 55.2 Å². The van der Waals surface area contributed by atoms with Crippen molar-refractivity contribution in [3.05, 3.63) is 65.4 Å². The Kier molecular flexibility index (Phi) is 3.96. The third-order valence-corrected chi connectivity index (χ3v) is 3.80. The largest absolute Gasteiger partial charge is 0.361 e. The van der Waals surface area contributed by atoms with E-state index in [1.54, 1.807) is 0 Å². The lowest BCUT2D eigenvalue weighted by Crippen LogP contribution is -2.12. The van der Waals surface area contributed by atoms with E-state index in [9.17, 15) is 4.79 Å². The molecular formula is C19H20N2O. The Morgan fingerprint density at radius 3 is 2.59 bits per heavy atom. The number of amides is 1. The van der Waals surface area contributed by atoms with Crippen LogP contribution in [0.15, 0.2) is 48.7 Å². The summed E-state index contributed by atoms with van der Waals surface area (Å²) in [7, 11) is 0. The van der Waals surface area contributed by atoms with E-state index in [0.29, 0.717) is 6.42 Å². The first kappa shape index (κ1) is 14.4. The third-order valence-electron chi connectivity index (χ3n) is 3.80. The van der Waals surface area contributed by atoms with Crippen LogP contribution in [0, 0.1) is 13.8 Å². The van der Waals surface area contributed by atoms with Gasteiger partial charge < -0.3 is 10.3 Å². The molecule has 0 aliphatic carbocycles. The number of carbonyl (C=O) groups excluding carboxylic acids is 1. The highest BCUT2D eigenvalue weighted by molar-refractivity contribution is 5.91. The number of benzene rings is 2. The molecule has 0 saturated carbocycles. The van der Waals surface area contributed by atoms with E-state index in [1.807, 2.05) is 44.3 Å². The molecule has 0 fully saturated rings. The molecule has 2 N–H and O–H groups in total. The zero-order chi connectivity index (χ0) is 15.5. The van der Waals surface area contributed by atoms with Gasteiger partial charge in [0.25, 0.3) is 0 Å². The molecule has 0 spiro atoms. The fourth-order valence-electron chi connectivity index (χ4n) is 2.86. The molecule has 22 heavy (non-hydrogen) atoms. The summed E-state index contributed by atoms with van der Waals surface area (Å²) in [4.78, 5) is 15.4. The van der Waals surface area contributed by atoms with Gasteiger partial charge in [-0.25, -0.2) is 0 Å². The summed E-state index contributed by atoms with van der Waals surface area (Å²) in [6.45, 7) is 4.07. The van der Waals surface area contributed by atoms with Crippen LogP contribution in [-0.2, 0) is 11.2 Å². The summed E-state index contributed by atoms with van der Waals surface area (Å²) in [5, 5.41) is 4.18. The van der Waals surface area contributed by atoms with Crippen molar-refractivity contribution in [3.8, 4) is 0 Å². The van der Waals surface area contributed by atoms with Crippen LogP contribution < -0.4 is 5.32 Å². The molecular weight excluding hydrogens is 272 g/mol. The molecule has 0 atom stereocenters. The number of fused-ring (bicyclic) bond motifs is 1. The molecule has 0 radical (unpaired) electrons. The molecule has 0 unspecified atom stereocenters. The molecule has 3 nitrogen and oxygen atoms in total. The van der Waals surface area contributed by atoms with E-state index < -0.39 is 0 Å². The third kappa shape index (κ3) is 3.19. The molecule has 0 aliphatic heterocycles. The highest BCUT2D eigenvalue weighted by Crippen LogP contribution is 2.19. The number of anilines is 1. The van der Waals surface area contributed by atoms with Crippen LogP contribution in [0.4, 0.5) is 5.69 Å². The SMILES string of the molecule is Cc1cc(C)cc(NC(=O)CCc2c[nH]c3ccccc23)c1. The van der Waals surface area contributed by atoms with Crippen molar-refractivity contribution in [1.82, 2.24) is 4.98 Å². The molecule has 3 heteroatoms.